The first-order valence-corrected chi connectivity index (χ1v) is 9.15. The Balaban J connectivity index is 1.14. The van der Waals surface area contributed by atoms with Gasteiger partial charge in [-0.05, 0) is 54.8 Å². The van der Waals surface area contributed by atoms with E-state index in [-0.39, 0.29) is 24.1 Å². The van der Waals surface area contributed by atoms with E-state index in [4.69, 9.17) is 14.2 Å². The lowest BCUT2D eigenvalue weighted by atomic mass is 9.69. The fourth-order valence-corrected chi connectivity index (χ4v) is 6.32. The zero-order chi connectivity index (χ0) is 15.6. The fraction of sp³-hybridized carbons (Fsp3) is 0.842. The molecule has 0 aromatic rings. The summed E-state index contributed by atoms with van der Waals surface area (Å²) in [6.07, 6.45) is 8.50. The third kappa shape index (κ3) is 2.14. The van der Waals surface area contributed by atoms with E-state index >= 15 is 0 Å². The third-order valence-electron chi connectivity index (χ3n) is 7.21. The lowest BCUT2D eigenvalue weighted by Crippen LogP contribution is -2.43. The van der Waals surface area contributed by atoms with E-state index in [0.717, 1.165) is 49.2 Å². The molecule has 4 bridgehead atoms. The molecule has 4 heteroatoms. The van der Waals surface area contributed by atoms with Gasteiger partial charge in [0.1, 0.15) is 0 Å². The van der Waals surface area contributed by atoms with Gasteiger partial charge in [-0.15, -0.1) is 0 Å². The maximum atomic E-state index is 12.5. The molecule has 7 unspecified atom stereocenters. The van der Waals surface area contributed by atoms with Crippen LogP contribution >= 0.6 is 0 Å². The average molecular weight is 318 g/mol. The van der Waals surface area contributed by atoms with Crippen LogP contribution in [0.2, 0.25) is 0 Å². The van der Waals surface area contributed by atoms with Crippen molar-refractivity contribution in [2.45, 2.75) is 26.2 Å². The molecule has 1 saturated heterocycles. The third-order valence-corrected chi connectivity index (χ3v) is 7.21. The quantitative estimate of drug-likeness (QED) is 0.257. The van der Waals surface area contributed by atoms with E-state index in [2.05, 4.69) is 19.1 Å². The molecule has 0 radical (unpaired) electrons. The van der Waals surface area contributed by atoms with Crippen LogP contribution < -0.4 is 0 Å². The number of fused-ring (bicyclic) bond motifs is 9. The van der Waals surface area contributed by atoms with Gasteiger partial charge in [-0.1, -0.05) is 19.1 Å². The van der Waals surface area contributed by atoms with Crippen LogP contribution in [-0.4, -0.2) is 32.6 Å². The predicted molar refractivity (Wildman–Crippen MR) is 83.3 cm³/mol. The van der Waals surface area contributed by atoms with Crippen LogP contribution in [0.15, 0.2) is 12.2 Å². The highest BCUT2D eigenvalue weighted by atomic mass is 16.7. The fourth-order valence-electron chi connectivity index (χ4n) is 6.32. The van der Waals surface area contributed by atoms with E-state index in [1.807, 2.05) is 0 Å². The van der Waals surface area contributed by atoms with Crippen molar-refractivity contribution in [3.05, 3.63) is 12.2 Å². The Morgan fingerprint density at radius 1 is 1.17 bits per heavy atom. The minimum Gasteiger partial charge on any atom is -0.438 e. The second-order valence-corrected chi connectivity index (χ2v) is 8.84. The molecule has 0 N–H and O–H groups in total. The summed E-state index contributed by atoms with van der Waals surface area (Å²) in [6.45, 7) is 4.33. The lowest BCUT2D eigenvalue weighted by Gasteiger charge is -2.37. The number of carbonyl (C=O) groups is 1. The summed E-state index contributed by atoms with van der Waals surface area (Å²) in [4.78, 5) is 12.5. The largest absolute Gasteiger partial charge is 0.438 e. The Labute approximate surface area is 137 Å². The highest BCUT2D eigenvalue weighted by Crippen LogP contribution is 2.67. The van der Waals surface area contributed by atoms with Crippen LogP contribution in [0.1, 0.15) is 26.2 Å². The zero-order valence-corrected chi connectivity index (χ0v) is 13.8. The van der Waals surface area contributed by atoms with Gasteiger partial charge in [0, 0.05) is 5.41 Å². The highest BCUT2D eigenvalue weighted by molar-refractivity contribution is 5.73. The molecule has 5 aliphatic rings. The minimum absolute atomic E-state index is 0.0160. The first-order valence-electron chi connectivity index (χ1n) is 9.15. The maximum absolute atomic E-state index is 12.5. The van der Waals surface area contributed by atoms with Crippen molar-refractivity contribution in [2.75, 3.05) is 26.6 Å². The molecule has 4 nitrogen and oxygen atoms in total. The zero-order valence-electron chi connectivity index (χ0n) is 13.8. The van der Waals surface area contributed by atoms with Crippen molar-refractivity contribution in [2.24, 2.45) is 46.8 Å². The van der Waals surface area contributed by atoms with Crippen LogP contribution in [0.3, 0.4) is 0 Å². The second-order valence-electron chi connectivity index (χ2n) is 8.84. The van der Waals surface area contributed by atoms with Gasteiger partial charge in [-0.2, -0.15) is 0 Å². The predicted octanol–water partition coefficient (Wildman–Crippen LogP) is 2.63. The lowest BCUT2D eigenvalue weighted by molar-refractivity contribution is -0.181. The van der Waals surface area contributed by atoms with E-state index in [1.54, 1.807) is 0 Å². The summed E-state index contributed by atoms with van der Waals surface area (Å²) in [7, 11) is 0. The molecule has 1 heterocycles. The number of ether oxygens (including phenoxy) is 3. The Kier molecular flexibility index (Phi) is 3.18. The molecule has 4 aliphatic carbocycles. The Bertz CT molecular complexity index is 537. The van der Waals surface area contributed by atoms with Crippen molar-refractivity contribution in [3.8, 4) is 0 Å². The summed E-state index contributed by atoms with van der Waals surface area (Å²) < 4.78 is 16.2. The van der Waals surface area contributed by atoms with Gasteiger partial charge >= 0.3 is 5.97 Å². The molecule has 7 atom stereocenters. The van der Waals surface area contributed by atoms with Crippen molar-refractivity contribution >= 4 is 5.97 Å². The van der Waals surface area contributed by atoms with Gasteiger partial charge in [0.05, 0.1) is 25.7 Å². The van der Waals surface area contributed by atoms with Gasteiger partial charge in [0.2, 0.25) is 0 Å². The molecule has 23 heavy (non-hydrogen) atoms. The average Bonchev–Trinajstić information content (AvgIpc) is 3.27. The summed E-state index contributed by atoms with van der Waals surface area (Å²) in [5, 5.41) is 0. The number of hydrogen-bond acceptors (Lipinski definition) is 4. The molecular weight excluding hydrogens is 292 g/mol. The first kappa shape index (κ1) is 14.5. The molecule has 4 fully saturated rings. The molecule has 0 aromatic carbocycles. The van der Waals surface area contributed by atoms with Crippen LogP contribution in [0, 0.1) is 46.8 Å². The normalized spacial score (nSPS) is 47.6. The number of esters is 1. The molecule has 3 saturated carbocycles. The van der Waals surface area contributed by atoms with Crippen LogP contribution in [0.25, 0.3) is 0 Å². The number of allylic oxidation sites excluding steroid dienone is 2. The summed E-state index contributed by atoms with van der Waals surface area (Å²) in [6, 6.07) is 0. The monoisotopic (exact) mass is 318 g/mol. The number of hydrogen-bond donors (Lipinski definition) is 0. The van der Waals surface area contributed by atoms with Crippen molar-refractivity contribution < 1.29 is 19.0 Å². The van der Waals surface area contributed by atoms with Crippen molar-refractivity contribution in [1.29, 1.82) is 0 Å². The number of carbonyl (C=O) groups excluding carboxylic acids is 1. The van der Waals surface area contributed by atoms with Crippen LogP contribution in [-0.2, 0) is 19.0 Å². The van der Waals surface area contributed by atoms with Gasteiger partial charge < -0.3 is 14.2 Å². The Morgan fingerprint density at radius 2 is 1.96 bits per heavy atom. The molecular formula is C19H26O4. The van der Waals surface area contributed by atoms with Crippen LogP contribution in [0.5, 0.6) is 0 Å². The van der Waals surface area contributed by atoms with Crippen LogP contribution in [0.4, 0.5) is 0 Å². The van der Waals surface area contributed by atoms with E-state index in [0.29, 0.717) is 12.5 Å². The van der Waals surface area contributed by atoms with Crippen molar-refractivity contribution in [3.63, 3.8) is 0 Å². The Morgan fingerprint density at radius 3 is 2.70 bits per heavy atom. The Hall–Kier alpha value is -0.870. The van der Waals surface area contributed by atoms with E-state index < -0.39 is 0 Å². The highest BCUT2D eigenvalue weighted by Gasteiger charge is 2.62. The van der Waals surface area contributed by atoms with E-state index in [9.17, 15) is 4.79 Å². The molecule has 126 valence electrons. The molecule has 0 amide bonds. The summed E-state index contributed by atoms with van der Waals surface area (Å²) in [5.41, 5.74) is 0.113. The topological polar surface area (TPSA) is 44.8 Å². The second kappa shape index (κ2) is 5.06. The molecule has 5 rings (SSSR count). The molecule has 1 aliphatic heterocycles. The first-order chi connectivity index (χ1) is 11.1. The SMILES string of the molecule is CC1(COCOC(=O)C2CC3CC2C2C4C=CC(C4)C32)COC1. The maximum Gasteiger partial charge on any atom is 0.311 e. The molecule has 0 aromatic heterocycles. The van der Waals surface area contributed by atoms with Gasteiger partial charge in [0.25, 0.3) is 0 Å². The summed E-state index contributed by atoms with van der Waals surface area (Å²) in [5.74, 6) is 4.61. The minimum atomic E-state index is -0.0160. The smallest absolute Gasteiger partial charge is 0.311 e. The van der Waals surface area contributed by atoms with Crippen molar-refractivity contribution in [1.82, 2.24) is 0 Å². The van der Waals surface area contributed by atoms with Gasteiger partial charge in [-0.3, -0.25) is 4.79 Å². The number of rotatable bonds is 5. The van der Waals surface area contributed by atoms with Gasteiger partial charge in [0.15, 0.2) is 6.79 Å². The van der Waals surface area contributed by atoms with Gasteiger partial charge in [-0.25, -0.2) is 0 Å². The molecule has 0 spiro atoms. The standard InChI is InChI=1S/C19H26O4/c1-19(7-21-8-19)9-22-10-23-18(20)15-6-13-5-14(15)17-12-3-2-11(4-12)16(13)17/h2-3,11-17H,4-10H2,1H3. The van der Waals surface area contributed by atoms with E-state index in [1.165, 1.54) is 12.8 Å². The summed E-state index contributed by atoms with van der Waals surface area (Å²) >= 11 is 0.